The van der Waals surface area contributed by atoms with Crippen LogP contribution in [0.15, 0.2) is 24.4 Å². The molecule has 0 atom stereocenters. The van der Waals surface area contributed by atoms with Gasteiger partial charge in [0.1, 0.15) is 5.52 Å². The summed E-state index contributed by atoms with van der Waals surface area (Å²) < 4.78 is 0. The highest BCUT2D eigenvalue weighted by Gasteiger charge is 2.25. The molecule has 12 heteroatoms. The van der Waals surface area contributed by atoms with Gasteiger partial charge in [-0.2, -0.15) is 0 Å². The first-order valence-electron chi connectivity index (χ1n) is 4.98. The van der Waals surface area contributed by atoms with E-state index in [0.717, 1.165) is 6.07 Å². The molecule has 2 rings (SSSR count). The standard InChI is InChI=1S/C9H5N3O5.HNO3/c13-9-7(12(16)17)4-6(11(14)15)5-2-1-3-10-8(5)9;2-1(3)4/h1-4,13H;(H,2,3,4). The molecule has 2 aromatic rings. The molecule has 0 saturated carbocycles. The fourth-order valence-corrected chi connectivity index (χ4v) is 1.49. The van der Waals surface area contributed by atoms with Gasteiger partial charge in [-0.15, -0.1) is 10.1 Å². The Balaban J connectivity index is 0.000000491. The van der Waals surface area contributed by atoms with Crippen LogP contribution in [0.4, 0.5) is 11.4 Å². The molecule has 0 fully saturated rings. The van der Waals surface area contributed by atoms with Crippen LogP contribution < -0.4 is 0 Å². The molecule has 21 heavy (non-hydrogen) atoms. The number of phenolic OH excluding ortho intramolecular Hbond substituents is 1. The van der Waals surface area contributed by atoms with Crippen molar-refractivity contribution in [2.24, 2.45) is 0 Å². The van der Waals surface area contributed by atoms with Crippen LogP contribution in [0.1, 0.15) is 0 Å². The number of hydrogen-bond acceptors (Lipinski definition) is 8. The number of pyridine rings is 1. The Kier molecular flexibility index (Phi) is 4.46. The van der Waals surface area contributed by atoms with Gasteiger partial charge in [0.2, 0.25) is 5.75 Å². The number of nitrogens with zero attached hydrogens (tertiary/aromatic N) is 4. The van der Waals surface area contributed by atoms with E-state index < -0.39 is 32.1 Å². The molecule has 0 aliphatic rings. The molecule has 1 aromatic heterocycles. The summed E-state index contributed by atoms with van der Waals surface area (Å²) >= 11 is 0. The van der Waals surface area contributed by atoms with Gasteiger partial charge >= 0.3 is 5.69 Å². The van der Waals surface area contributed by atoms with E-state index >= 15 is 0 Å². The van der Waals surface area contributed by atoms with Crippen LogP contribution >= 0.6 is 0 Å². The lowest BCUT2D eigenvalue weighted by Gasteiger charge is -2.01. The van der Waals surface area contributed by atoms with Gasteiger partial charge in [-0.1, -0.05) is 0 Å². The fourth-order valence-electron chi connectivity index (χ4n) is 1.49. The molecule has 0 aliphatic carbocycles. The largest absolute Gasteiger partial charge is 0.501 e. The Hall–Kier alpha value is -3.57. The zero-order chi connectivity index (χ0) is 16.2. The van der Waals surface area contributed by atoms with Gasteiger partial charge in [0.05, 0.1) is 21.3 Å². The molecule has 2 N–H and O–H groups in total. The highest BCUT2D eigenvalue weighted by atomic mass is 16.9. The lowest BCUT2D eigenvalue weighted by atomic mass is 10.1. The number of benzene rings is 1. The van der Waals surface area contributed by atoms with Gasteiger partial charge in [0.25, 0.3) is 10.8 Å². The smallest absolute Gasteiger partial charge is 0.319 e. The van der Waals surface area contributed by atoms with Crippen molar-refractivity contribution in [3.63, 3.8) is 0 Å². The molecule has 0 unspecified atom stereocenters. The Bertz CT molecular complexity index is 727. The summed E-state index contributed by atoms with van der Waals surface area (Å²) in [6.45, 7) is 0. The van der Waals surface area contributed by atoms with Crippen LogP contribution in [0.2, 0.25) is 0 Å². The molecule has 0 radical (unpaired) electrons. The third kappa shape index (κ3) is 3.46. The summed E-state index contributed by atoms with van der Waals surface area (Å²) in [6.07, 6.45) is 1.29. The summed E-state index contributed by atoms with van der Waals surface area (Å²) in [6, 6.07) is 3.53. The van der Waals surface area contributed by atoms with Crippen molar-refractivity contribution in [1.82, 2.24) is 4.98 Å². The summed E-state index contributed by atoms with van der Waals surface area (Å²) in [4.78, 5) is 31.8. The summed E-state index contributed by atoms with van der Waals surface area (Å²) in [5.74, 6) is -0.670. The number of fused-ring (bicyclic) bond motifs is 1. The Morgan fingerprint density at radius 2 is 1.57 bits per heavy atom. The summed E-state index contributed by atoms with van der Waals surface area (Å²) in [5, 5.41) is 44.7. The van der Waals surface area contributed by atoms with E-state index in [1.165, 1.54) is 18.3 Å². The van der Waals surface area contributed by atoms with E-state index in [-0.39, 0.29) is 10.9 Å². The number of non-ortho nitro benzene ring substituents is 1. The van der Waals surface area contributed by atoms with E-state index in [1.54, 1.807) is 0 Å². The molecule has 110 valence electrons. The first-order chi connectivity index (χ1) is 9.75. The molecule has 1 heterocycles. The quantitative estimate of drug-likeness (QED) is 0.610. The Morgan fingerprint density at radius 3 is 2.05 bits per heavy atom. The van der Waals surface area contributed by atoms with Crippen molar-refractivity contribution in [2.75, 3.05) is 0 Å². The number of nitro groups is 2. The molecule has 0 aliphatic heterocycles. The third-order valence-electron chi connectivity index (χ3n) is 2.22. The minimum atomic E-state index is -1.50. The number of aromatic nitrogens is 1. The maximum atomic E-state index is 10.8. The van der Waals surface area contributed by atoms with Crippen molar-refractivity contribution in [3.05, 3.63) is 54.7 Å². The molecular weight excluding hydrogens is 292 g/mol. The van der Waals surface area contributed by atoms with E-state index in [4.69, 9.17) is 15.3 Å². The lowest BCUT2D eigenvalue weighted by Crippen LogP contribution is -1.95. The van der Waals surface area contributed by atoms with E-state index in [1.807, 2.05) is 0 Å². The van der Waals surface area contributed by atoms with Crippen LogP contribution in [0.25, 0.3) is 10.9 Å². The number of nitro benzene ring substituents is 2. The minimum Gasteiger partial charge on any atom is -0.501 e. The van der Waals surface area contributed by atoms with Gasteiger partial charge in [-0.05, 0) is 12.1 Å². The SMILES string of the molecule is O=[N+]([O-])O.O=[N+]([O-])c1cc([N+](=O)[O-])c2cccnc2c1O. The van der Waals surface area contributed by atoms with Gasteiger partial charge in [0, 0.05) is 6.20 Å². The zero-order valence-electron chi connectivity index (χ0n) is 9.94. The number of phenols is 1. The first-order valence-corrected chi connectivity index (χ1v) is 4.98. The summed E-state index contributed by atoms with van der Waals surface area (Å²) in [5.41, 5.74) is -1.35. The molecule has 0 spiro atoms. The topological polar surface area (TPSA) is 183 Å². The predicted molar refractivity (Wildman–Crippen MR) is 65.5 cm³/mol. The van der Waals surface area contributed by atoms with Crippen molar-refractivity contribution in [3.8, 4) is 5.75 Å². The minimum absolute atomic E-state index is 0.0561. The Morgan fingerprint density at radius 1 is 1.05 bits per heavy atom. The number of hydrogen-bond donors (Lipinski definition) is 2. The van der Waals surface area contributed by atoms with Gasteiger partial charge in [0.15, 0.2) is 0 Å². The van der Waals surface area contributed by atoms with Crippen molar-refractivity contribution >= 4 is 22.3 Å². The second-order valence-electron chi connectivity index (χ2n) is 3.42. The molecule has 0 bridgehead atoms. The van der Waals surface area contributed by atoms with Crippen molar-refractivity contribution < 1.29 is 25.2 Å². The van der Waals surface area contributed by atoms with Crippen LogP contribution in [-0.2, 0) is 0 Å². The average Bonchev–Trinajstić information content (AvgIpc) is 2.38. The monoisotopic (exact) mass is 298 g/mol. The normalized spacial score (nSPS) is 9.52. The number of aromatic hydroxyl groups is 1. The van der Waals surface area contributed by atoms with Crippen LogP contribution in [0, 0.1) is 30.3 Å². The van der Waals surface area contributed by atoms with Crippen molar-refractivity contribution in [2.45, 2.75) is 0 Å². The highest BCUT2D eigenvalue weighted by molar-refractivity contribution is 5.95. The summed E-state index contributed by atoms with van der Waals surface area (Å²) in [7, 11) is 0. The van der Waals surface area contributed by atoms with Crippen LogP contribution in [0.5, 0.6) is 5.75 Å². The molecule has 0 saturated heterocycles. The predicted octanol–water partition coefficient (Wildman–Crippen LogP) is 1.41. The number of rotatable bonds is 2. The first kappa shape index (κ1) is 15.5. The Labute approximate surface area is 114 Å². The second-order valence-corrected chi connectivity index (χ2v) is 3.42. The average molecular weight is 298 g/mol. The molecule has 0 amide bonds. The zero-order valence-corrected chi connectivity index (χ0v) is 9.94. The molecular formula is C9H6N4O8. The van der Waals surface area contributed by atoms with Crippen molar-refractivity contribution in [1.29, 1.82) is 0 Å². The molecule has 12 nitrogen and oxygen atoms in total. The second kappa shape index (κ2) is 6.05. The molecule has 1 aromatic carbocycles. The van der Waals surface area contributed by atoms with Gasteiger partial charge < -0.3 is 10.3 Å². The van der Waals surface area contributed by atoms with Gasteiger partial charge in [-0.3, -0.25) is 25.2 Å². The fraction of sp³-hybridized carbons (Fsp3) is 0. The van der Waals surface area contributed by atoms with E-state index in [0.29, 0.717) is 0 Å². The van der Waals surface area contributed by atoms with Crippen LogP contribution in [-0.4, -0.2) is 30.2 Å². The van der Waals surface area contributed by atoms with Gasteiger partial charge in [-0.25, -0.2) is 0 Å². The lowest BCUT2D eigenvalue weighted by molar-refractivity contribution is -0.742. The maximum absolute atomic E-state index is 10.8. The highest BCUT2D eigenvalue weighted by Crippen LogP contribution is 2.38. The van der Waals surface area contributed by atoms with E-state index in [9.17, 15) is 25.3 Å². The van der Waals surface area contributed by atoms with E-state index in [2.05, 4.69) is 4.98 Å². The third-order valence-corrected chi connectivity index (χ3v) is 2.22. The van der Waals surface area contributed by atoms with Crippen LogP contribution in [0.3, 0.4) is 0 Å². The maximum Gasteiger partial charge on any atom is 0.319 e.